The minimum atomic E-state index is 0.540. The van der Waals surface area contributed by atoms with Crippen molar-refractivity contribution < 1.29 is 4.74 Å². The summed E-state index contributed by atoms with van der Waals surface area (Å²) in [5.74, 6) is 1.59. The maximum Gasteiger partial charge on any atom is 0.175 e. The molecular formula is C20H17BrN2OS. The topological polar surface area (TPSA) is 33.3 Å². The van der Waals surface area contributed by atoms with E-state index in [4.69, 9.17) is 17.0 Å². The third-order valence-corrected chi connectivity index (χ3v) is 4.60. The first-order chi connectivity index (χ1) is 12.1. The molecular weight excluding hydrogens is 396 g/mol. The van der Waals surface area contributed by atoms with Crippen LogP contribution in [0, 0.1) is 6.92 Å². The molecule has 0 spiro atoms. The first-order valence-corrected chi connectivity index (χ1v) is 8.97. The number of ether oxygens (including phenoxy) is 1. The van der Waals surface area contributed by atoms with Crippen molar-refractivity contribution >= 4 is 44.6 Å². The molecule has 3 aromatic rings. The lowest BCUT2D eigenvalue weighted by Crippen LogP contribution is -2.19. The Hall–Kier alpha value is -2.37. The van der Waals surface area contributed by atoms with Gasteiger partial charge in [-0.05, 0) is 79.3 Å². The van der Waals surface area contributed by atoms with Crippen LogP contribution in [0.2, 0.25) is 0 Å². The molecule has 0 saturated heterocycles. The molecule has 3 nitrogen and oxygen atoms in total. The van der Waals surface area contributed by atoms with Crippen molar-refractivity contribution in [1.29, 1.82) is 0 Å². The minimum Gasteiger partial charge on any atom is -0.457 e. The van der Waals surface area contributed by atoms with Gasteiger partial charge >= 0.3 is 0 Å². The van der Waals surface area contributed by atoms with Crippen LogP contribution in [0.1, 0.15) is 5.56 Å². The quantitative estimate of drug-likeness (QED) is 0.488. The van der Waals surface area contributed by atoms with Gasteiger partial charge in [0.2, 0.25) is 0 Å². The number of aryl methyl sites for hydroxylation is 1. The van der Waals surface area contributed by atoms with Crippen molar-refractivity contribution in [3.8, 4) is 11.5 Å². The number of benzene rings is 3. The van der Waals surface area contributed by atoms with E-state index in [1.54, 1.807) is 0 Å². The van der Waals surface area contributed by atoms with E-state index in [1.165, 1.54) is 0 Å². The lowest BCUT2D eigenvalue weighted by Gasteiger charge is -2.12. The average Bonchev–Trinajstić information content (AvgIpc) is 2.61. The number of hydrogen-bond donors (Lipinski definition) is 2. The standard InChI is InChI=1S/C20H17BrN2OS/c1-14-13-16(9-12-19(14)21)23-20(25)22-15-7-10-18(11-8-15)24-17-5-3-2-4-6-17/h2-13H,1H3,(H2,22,23,25). The van der Waals surface area contributed by atoms with Gasteiger partial charge in [0.25, 0.3) is 0 Å². The summed E-state index contributed by atoms with van der Waals surface area (Å²) < 4.78 is 6.85. The Labute approximate surface area is 161 Å². The van der Waals surface area contributed by atoms with Gasteiger partial charge in [-0.25, -0.2) is 0 Å². The number of nitrogens with one attached hydrogen (secondary N) is 2. The van der Waals surface area contributed by atoms with Gasteiger partial charge in [-0.3, -0.25) is 0 Å². The molecule has 3 aromatic carbocycles. The Balaban J connectivity index is 1.59. The molecule has 0 aliphatic heterocycles. The highest BCUT2D eigenvalue weighted by Crippen LogP contribution is 2.23. The van der Waals surface area contributed by atoms with Crippen molar-refractivity contribution in [2.75, 3.05) is 10.6 Å². The normalized spacial score (nSPS) is 10.2. The summed E-state index contributed by atoms with van der Waals surface area (Å²) in [4.78, 5) is 0. The van der Waals surface area contributed by atoms with Gasteiger partial charge < -0.3 is 15.4 Å². The molecule has 0 fully saturated rings. The van der Waals surface area contributed by atoms with Crippen LogP contribution in [-0.2, 0) is 0 Å². The molecule has 25 heavy (non-hydrogen) atoms. The molecule has 0 aliphatic rings. The zero-order valence-corrected chi connectivity index (χ0v) is 16.0. The van der Waals surface area contributed by atoms with Gasteiger partial charge in [-0.2, -0.15) is 0 Å². The number of halogens is 1. The lowest BCUT2D eigenvalue weighted by atomic mass is 10.2. The Morgan fingerprint density at radius 2 is 1.44 bits per heavy atom. The zero-order chi connectivity index (χ0) is 17.6. The van der Waals surface area contributed by atoms with Gasteiger partial charge in [0.05, 0.1) is 0 Å². The van der Waals surface area contributed by atoms with E-state index in [0.29, 0.717) is 5.11 Å². The van der Waals surface area contributed by atoms with E-state index in [-0.39, 0.29) is 0 Å². The predicted octanol–water partition coefficient (Wildman–Crippen LogP) is 6.36. The van der Waals surface area contributed by atoms with E-state index >= 15 is 0 Å². The summed E-state index contributed by atoms with van der Waals surface area (Å²) in [5, 5.41) is 6.89. The highest BCUT2D eigenvalue weighted by Gasteiger charge is 2.02. The van der Waals surface area contributed by atoms with E-state index in [0.717, 1.165) is 32.9 Å². The first kappa shape index (κ1) is 17.5. The smallest absolute Gasteiger partial charge is 0.175 e. The Morgan fingerprint density at radius 1 is 0.840 bits per heavy atom. The van der Waals surface area contributed by atoms with Crippen LogP contribution in [-0.4, -0.2) is 5.11 Å². The molecule has 0 amide bonds. The number of anilines is 2. The lowest BCUT2D eigenvalue weighted by molar-refractivity contribution is 0.483. The maximum absolute atomic E-state index is 5.78. The molecule has 0 saturated carbocycles. The Morgan fingerprint density at radius 3 is 2.12 bits per heavy atom. The molecule has 0 aromatic heterocycles. The van der Waals surface area contributed by atoms with Crippen molar-refractivity contribution in [2.24, 2.45) is 0 Å². The summed E-state index contributed by atoms with van der Waals surface area (Å²) >= 11 is 8.86. The van der Waals surface area contributed by atoms with Gasteiger partial charge in [0.15, 0.2) is 5.11 Å². The number of para-hydroxylation sites is 1. The molecule has 126 valence electrons. The van der Waals surface area contributed by atoms with E-state index in [2.05, 4.69) is 26.6 Å². The van der Waals surface area contributed by atoms with Crippen LogP contribution in [0.25, 0.3) is 0 Å². The molecule has 2 N–H and O–H groups in total. The monoisotopic (exact) mass is 412 g/mol. The number of rotatable bonds is 4. The second kappa shape index (κ2) is 8.14. The van der Waals surface area contributed by atoms with Crippen LogP contribution >= 0.6 is 28.1 Å². The fraction of sp³-hybridized carbons (Fsp3) is 0.0500. The van der Waals surface area contributed by atoms with Crippen LogP contribution in [0.3, 0.4) is 0 Å². The van der Waals surface area contributed by atoms with E-state index in [1.807, 2.05) is 79.7 Å². The van der Waals surface area contributed by atoms with Gasteiger partial charge in [-0.15, -0.1) is 0 Å². The largest absolute Gasteiger partial charge is 0.457 e. The summed E-state index contributed by atoms with van der Waals surface area (Å²) in [5.41, 5.74) is 2.99. The summed E-state index contributed by atoms with van der Waals surface area (Å²) in [6.07, 6.45) is 0. The van der Waals surface area contributed by atoms with Gasteiger partial charge in [-0.1, -0.05) is 34.1 Å². The van der Waals surface area contributed by atoms with Crippen LogP contribution in [0.15, 0.2) is 77.3 Å². The highest BCUT2D eigenvalue weighted by atomic mass is 79.9. The average molecular weight is 413 g/mol. The van der Waals surface area contributed by atoms with Crippen molar-refractivity contribution in [3.63, 3.8) is 0 Å². The van der Waals surface area contributed by atoms with Crippen molar-refractivity contribution in [3.05, 3.63) is 82.8 Å². The van der Waals surface area contributed by atoms with Crippen molar-refractivity contribution in [1.82, 2.24) is 0 Å². The molecule has 0 atom stereocenters. The Kier molecular flexibility index (Phi) is 5.68. The van der Waals surface area contributed by atoms with Crippen LogP contribution < -0.4 is 15.4 Å². The molecule has 5 heteroatoms. The van der Waals surface area contributed by atoms with Gasteiger partial charge in [0, 0.05) is 15.8 Å². The Bertz CT molecular complexity index is 867. The zero-order valence-electron chi connectivity index (χ0n) is 13.6. The summed E-state index contributed by atoms with van der Waals surface area (Å²) in [6.45, 7) is 2.04. The fourth-order valence-corrected chi connectivity index (χ4v) is 2.73. The van der Waals surface area contributed by atoms with Crippen LogP contribution in [0.4, 0.5) is 11.4 Å². The number of thiocarbonyl (C=S) groups is 1. The minimum absolute atomic E-state index is 0.540. The van der Waals surface area contributed by atoms with E-state index in [9.17, 15) is 0 Å². The van der Waals surface area contributed by atoms with E-state index < -0.39 is 0 Å². The van der Waals surface area contributed by atoms with Crippen molar-refractivity contribution in [2.45, 2.75) is 6.92 Å². The summed E-state index contributed by atoms with van der Waals surface area (Å²) in [6, 6.07) is 23.4. The molecule has 0 heterocycles. The van der Waals surface area contributed by atoms with Crippen LogP contribution in [0.5, 0.6) is 11.5 Å². The third kappa shape index (κ3) is 5.05. The molecule has 0 radical (unpaired) electrons. The van der Waals surface area contributed by atoms with Gasteiger partial charge in [0.1, 0.15) is 11.5 Å². The SMILES string of the molecule is Cc1cc(NC(=S)Nc2ccc(Oc3ccccc3)cc2)ccc1Br. The predicted molar refractivity (Wildman–Crippen MR) is 112 cm³/mol. The molecule has 0 bridgehead atoms. The first-order valence-electron chi connectivity index (χ1n) is 7.77. The second-order valence-electron chi connectivity index (χ2n) is 5.48. The summed E-state index contributed by atoms with van der Waals surface area (Å²) in [7, 11) is 0. The molecule has 0 unspecified atom stereocenters. The molecule has 3 rings (SSSR count). The fourth-order valence-electron chi connectivity index (χ4n) is 2.25. The highest BCUT2D eigenvalue weighted by molar-refractivity contribution is 9.10. The maximum atomic E-state index is 5.78. The second-order valence-corrected chi connectivity index (χ2v) is 6.75. The molecule has 0 aliphatic carbocycles. The third-order valence-electron chi connectivity index (χ3n) is 3.51. The number of hydrogen-bond acceptors (Lipinski definition) is 2.